The van der Waals surface area contributed by atoms with Crippen LogP contribution in [-0.2, 0) is 38.1 Å². The molecule has 0 radical (unpaired) electrons. The Bertz CT molecular complexity index is 921. The van der Waals surface area contributed by atoms with E-state index in [0.29, 0.717) is 13.0 Å². The molecule has 0 aliphatic carbocycles. The maximum absolute atomic E-state index is 13.8. The predicted octanol–water partition coefficient (Wildman–Crippen LogP) is 5.17. The van der Waals surface area contributed by atoms with Crippen molar-refractivity contribution in [1.82, 2.24) is 10.2 Å². The molecule has 0 aromatic heterocycles. The van der Waals surface area contributed by atoms with E-state index in [1.54, 1.807) is 20.8 Å². The van der Waals surface area contributed by atoms with Gasteiger partial charge < -0.3 is 39.0 Å². The maximum atomic E-state index is 13.8. The first-order chi connectivity index (χ1) is 21.8. The number of carbonyl (C=O) groups excluding carboxylic acids is 3. The minimum Gasteiger partial charge on any atom is -0.462 e. The highest BCUT2D eigenvalue weighted by Gasteiger charge is 2.47. The Kier molecular flexibility index (Phi) is 23.6. The van der Waals surface area contributed by atoms with Crippen LogP contribution in [0.2, 0.25) is 0 Å². The Morgan fingerprint density at radius 3 is 2.13 bits per heavy atom. The Morgan fingerprint density at radius 2 is 1.64 bits per heavy atom. The summed E-state index contributed by atoms with van der Waals surface area (Å²) >= 11 is 0. The van der Waals surface area contributed by atoms with Crippen LogP contribution in [0, 0.1) is 17.8 Å². The summed E-state index contributed by atoms with van der Waals surface area (Å²) in [6.07, 6.45) is -0.284. The zero-order valence-electron chi connectivity index (χ0n) is 32.4. The highest BCUT2D eigenvalue weighted by atomic mass is 16.7. The number of amides is 1. The normalized spacial score (nSPS) is 21.8. The third-order valence-corrected chi connectivity index (χ3v) is 7.62. The third kappa shape index (κ3) is 17.9. The van der Waals surface area contributed by atoms with Gasteiger partial charge in [0.25, 0.3) is 0 Å². The minimum absolute atomic E-state index is 0.0226. The summed E-state index contributed by atoms with van der Waals surface area (Å²) in [5.41, 5.74) is -1.71. The number of esters is 1. The van der Waals surface area contributed by atoms with E-state index in [1.165, 1.54) is 20.8 Å². The second kappa shape index (κ2) is 23.5. The molecule has 5 unspecified atom stereocenters. The molecule has 11 nitrogen and oxygen atoms in total. The van der Waals surface area contributed by atoms with Gasteiger partial charge in [0.2, 0.25) is 5.91 Å². The summed E-state index contributed by atoms with van der Waals surface area (Å²) in [7, 11) is 4.01. The van der Waals surface area contributed by atoms with Gasteiger partial charge in [-0.3, -0.25) is 14.4 Å². The Hall–Kier alpha value is -1.89. The van der Waals surface area contributed by atoms with Gasteiger partial charge in [0, 0.05) is 31.5 Å². The number of hydrogen-bond donors (Lipinski definition) is 2. The van der Waals surface area contributed by atoms with E-state index < -0.39 is 53.1 Å². The Morgan fingerprint density at radius 1 is 1.06 bits per heavy atom. The molecular formula is C36H70N2O9. The highest BCUT2D eigenvalue weighted by Crippen LogP contribution is 2.33. The predicted molar refractivity (Wildman–Crippen MR) is 187 cm³/mol. The standard InChI is InChI=1S/C32H58N2O9.2C2H6/c1-13-39-17-21(4)29(36)33-18-32(10,41-16-20(2)3)28(43-26-15-25(34(11)12)14-22(5)42-26)23(6)27(35)24(7)30(37)40-19-31(8,9)38;2*1-2/h21-26,28,38H,2,13-19H2,1,3-12H3,(H,33,36);2*1-2H3/t21?,22?,23-,24?,25?,26?,28+,32+;;/m0../s1. The van der Waals surface area contributed by atoms with Crippen molar-refractivity contribution >= 4 is 17.7 Å². The number of hydrogen-bond acceptors (Lipinski definition) is 10. The van der Waals surface area contributed by atoms with E-state index in [2.05, 4.69) is 16.8 Å². The SMILES string of the molecule is C=C(C)CO[C@](C)(CNC(=O)C(C)COCC)[C@H](OC1CC(N(C)C)CC(C)O1)[C@@H](C)C(=O)C(C)C(=O)OCC(C)(C)O.CC.CC. The molecule has 1 fully saturated rings. The first-order valence-electron chi connectivity index (χ1n) is 17.3. The van der Waals surface area contributed by atoms with Crippen LogP contribution in [-0.4, -0.2) is 110 Å². The fourth-order valence-corrected chi connectivity index (χ4v) is 4.90. The number of Topliss-reactive ketones (excluding diaryl/α,β-unsaturated/α-hetero) is 1. The van der Waals surface area contributed by atoms with Crippen molar-refractivity contribution in [3.63, 3.8) is 0 Å². The molecule has 0 aromatic carbocycles. The minimum atomic E-state index is -1.24. The lowest BCUT2D eigenvalue weighted by Gasteiger charge is -2.44. The van der Waals surface area contributed by atoms with Gasteiger partial charge in [-0.25, -0.2) is 0 Å². The van der Waals surface area contributed by atoms with Gasteiger partial charge in [0.15, 0.2) is 12.1 Å². The molecule has 0 aromatic rings. The largest absolute Gasteiger partial charge is 0.462 e. The van der Waals surface area contributed by atoms with Crippen molar-refractivity contribution in [2.75, 3.05) is 47.1 Å². The Balaban J connectivity index is 0. The number of ether oxygens (including phenoxy) is 5. The second-order valence-corrected chi connectivity index (χ2v) is 13.2. The number of nitrogens with zero attached hydrogens (tertiary/aromatic N) is 1. The zero-order chi connectivity index (χ0) is 37.1. The van der Waals surface area contributed by atoms with Crippen LogP contribution in [0.4, 0.5) is 0 Å². The van der Waals surface area contributed by atoms with E-state index in [4.69, 9.17) is 23.7 Å². The summed E-state index contributed by atoms with van der Waals surface area (Å²) in [4.78, 5) is 41.7. The quantitative estimate of drug-likeness (QED) is 0.107. The lowest BCUT2D eigenvalue weighted by atomic mass is 9.82. The van der Waals surface area contributed by atoms with Crippen molar-refractivity contribution in [3.8, 4) is 0 Å². The van der Waals surface area contributed by atoms with Crippen LogP contribution in [0.1, 0.15) is 103 Å². The summed E-state index contributed by atoms with van der Waals surface area (Å²) < 4.78 is 29.8. The summed E-state index contributed by atoms with van der Waals surface area (Å²) in [5.74, 6) is -3.78. The van der Waals surface area contributed by atoms with Crippen LogP contribution >= 0.6 is 0 Å². The zero-order valence-corrected chi connectivity index (χ0v) is 32.4. The average Bonchev–Trinajstić information content (AvgIpc) is 3.02. The van der Waals surface area contributed by atoms with E-state index in [0.717, 1.165) is 12.0 Å². The maximum Gasteiger partial charge on any atom is 0.316 e. The molecule has 11 heteroatoms. The fourth-order valence-electron chi connectivity index (χ4n) is 4.90. The van der Waals surface area contributed by atoms with Crippen LogP contribution < -0.4 is 5.32 Å². The monoisotopic (exact) mass is 675 g/mol. The molecule has 1 heterocycles. The van der Waals surface area contributed by atoms with Crippen molar-refractivity contribution in [1.29, 1.82) is 0 Å². The lowest BCUT2D eigenvalue weighted by molar-refractivity contribution is -0.261. The van der Waals surface area contributed by atoms with E-state index >= 15 is 0 Å². The molecule has 1 saturated heterocycles. The van der Waals surface area contributed by atoms with Crippen LogP contribution in [0.25, 0.3) is 0 Å². The summed E-state index contributed by atoms with van der Waals surface area (Å²) in [6.45, 7) is 28.1. The van der Waals surface area contributed by atoms with Gasteiger partial charge in [-0.15, -0.1) is 0 Å². The number of aliphatic hydroxyl groups is 1. The number of ketones is 1. The molecule has 0 saturated carbocycles. The van der Waals surface area contributed by atoms with Gasteiger partial charge in [-0.1, -0.05) is 53.7 Å². The third-order valence-electron chi connectivity index (χ3n) is 7.62. The second-order valence-electron chi connectivity index (χ2n) is 13.2. The molecule has 1 rings (SSSR count). The molecule has 8 atom stereocenters. The van der Waals surface area contributed by atoms with Crippen molar-refractivity contribution in [2.45, 2.75) is 139 Å². The summed E-state index contributed by atoms with van der Waals surface area (Å²) in [5, 5.41) is 12.9. The number of carbonyl (C=O) groups is 3. The molecule has 1 aliphatic heterocycles. The van der Waals surface area contributed by atoms with E-state index in [-0.39, 0.29) is 44.4 Å². The topological polar surface area (TPSA) is 133 Å². The van der Waals surface area contributed by atoms with E-state index in [9.17, 15) is 19.5 Å². The lowest BCUT2D eigenvalue weighted by Crippen LogP contribution is -2.59. The van der Waals surface area contributed by atoms with Gasteiger partial charge in [-0.2, -0.15) is 0 Å². The Labute approximate surface area is 286 Å². The molecule has 0 bridgehead atoms. The van der Waals surface area contributed by atoms with Crippen molar-refractivity contribution in [3.05, 3.63) is 12.2 Å². The van der Waals surface area contributed by atoms with Gasteiger partial charge in [0.05, 0.1) is 30.8 Å². The van der Waals surface area contributed by atoms with Gasteiger partial charge in [0.1, 0.15) is 24.2 Å². The fraction of sp³-hybridized carbons (Fsp3) is 0.861. The van der Waals surface area contributed by atoms with Crippen molar-refractivity contribution < 1.29 is 43.2 Å². The molecule has 1 amide bonds. The van der Waals surface area contributed by atoms with E-state index in [1.807, 2.05) is 62.6 Å². The molecule has 47 heavy (non-hydrogen) atoms. The molecule has 278 valence electrons. The number of nitrogens with one attached hydrogen (secondary N) is 1. The average molecular weight is 675 g/mol. The first-order valence-corrected chi connectivity index (χ1v) is 17.3. The molecule has 0 spiro atoms. The smallest absolute Gasteiger partial charge is 0.316 e. The number of rotatable bonds is 19. The first kappa shape index (κ1) is 47.2. The van der Waals surface area contributed by atoms with Gasteiger partial charge >= 0.3 is 5.97 Å². The highest BCUT2D eigenvalue weighted by molar-refractivity contribution is 6.00. The van der Waals surface area contributed by atoms with Crippen LogP contribution in [0.15, 0.2) is 12.2 Å². The van der Waals surface area contributed by atoms with Crippen LogP contribution in [0.3, 0.4) is 0 Å². The van der Waals surface area contributed by atoms with Gasteiger partial charge in [-0.05, 0) is 69.0 Å². The molecule has 1 aliphatic rings. The molecular weight excluding hydrogens is 604 g/mol. The summed E-state index contributed by atoms with van der Waals surface area (Å²) in [6, 6.07) is 0.192. The molecule has 2 N–H and O–H groups in total. The van der Waals surface area contributed by atoms with Crippen molar-refractivity contribution in [2.24, 2.45) is 17.8 Å². The van der Waals surface area contributed by atoms with Crippen LogP contribution in [0.5, 0.6) is 0 Å².